The van der Waals surface area contributed by atoms with Gasteiger partial charge in [-0.1, -0.05) is 32.0 Å². The summed E-state index contributed by atoms with van der Waals surface area (Å²) in [5.74, 6) is 0.524. The fraction of sp³-hybridized carbons (Fsp3) is 0.632. The third-order valence-electron chi connectivity index (χ3n) is 4.83. The van der Waals surface area contributed by atoms with Crippen LogP contribution in [0.4, 0.5) is 0 Å². The highest BCUT2D eigenvalue weighted by Gasteiger charge is 2.30. The lowest BCUT2D eigenvalue weighted by molar-refractivity contribution is -0.135. The smallest absolute Gasteiger partial charge is 0.243 e. The van der Waals surface area contributed by atoms with Gasteiger partial charge < -0.3 is 4.90 Å². The van der Waals surface area contributed by atoms with Crippen LogP contribution in [0.5, 0.6) is 0 Å². The van der Waals surface area contributed by atoms with Crippen molar-refractivity contribution < 1.29 is 13.2 Å². The molecule has 1 aromatic rings. The number of carbonyl (C=O) groups excluding carboxylic acids is 1. The highest BCUT2D eigenvalue weighted by Crippen LogP contribution is 2.23. The van der Waals surface area contributed by atoms with E-state index in [9.17, 15) is 13.2 Å². The molecule has 0 saturated carbocycles. The molecule has 1 aromatic carbocycles. The minimum atomic E-state index is -3.63. The highest BCUT2D eigenvalue weighted by molar-refractivity contribution is 7.89. The van der Waals surface area contributed by atoms with Crippen LogP contribution >= 0.6 is 0 Å². The molecule has 1 fully saturated rings. The zero-order valence-electron chi connectivity index (χ0n) is 15.5. The molecular formula is C19H30N2O3S. The normalized spacial score (nSPS) is 18.8. The second-order valence-corrected chi connectivity index (χ2v) is 9.33. The monoisotopic (exact) mass is 366 g/mol. The van der Waals surface area contributed by atoms with Crippen molar-refractivity contribution in [3.63, 3.8) is 0 Å². The van der Waals surface area contributed by atoms with Crippen LogP contribution in [0.25, 0.3) is 0 Å². The second kappa shape index (κ2) is 8.81. The first kappa shape index (κ1) is 19.9. The minimum absolute atomic E-state index is 0.0875. The van der Waals surface area contributed by atoms with Gasteiger partial charge in [-0.05, 0) is 50.2 Å². The quantitative estimate of drug-likeness (QED) is 0.745. The van der Waals surface area contributed by atoms with Crippen molar-refractivity contribution >= 4 is 15.9 Å². The van der Waals surface area contributed by atoms with E-state index in [4.69, 9.17) is 0 Å². The van der Waals surface area contributed by atoms with E-state index < -0.39 is 10.0 Å². The number of carbonyl (C=O) groups is 1. The largest absolute Gasteiger partial charge is 0.339 e. The zero-order chi connectivity index (χ0) is 18.4. The molecule has 1 aliphatic rings. The Morgan fingerprint density at radius 1 is 1.24 bits per heavy atom. The molecule has 0 aromatic heterocycles. The maximum atomic E-state index is 12.8. The summed E-state index contributed by atoms with van der Waals surface area (Å²) in [6.07, 6.45) is 5.25. The number of likely N-dealkylation sites (N-methyl/N-ethyl adjacent to an activating group) is 1. The molecule has 1 aliphatic heterocycles. The molecule has 1 heterocycles. The molecular weight excluding hydrogens is 336 g/mol. The number of amides is 1. The van der Waals surface area contributed by atoms with Gasteiger partial charge >= 0.3 is 0 Å². The van der Waals surface area contributed by atoms with Crippen LogP contribution in [0.15, 0.2) is 35.2 Å². The number of likely N-dealkylation sites (tertiary alicyclic amines) is 1. The van der Waals surface area contributed by atoms with Crippen molar-refractivity contribution in [1.29, 1.82) is 0 Å². The molecule has 1 saturated heterocycles. The molecule has 140 valence electrons. The number of nitrogens with zero attached hydrogens (tertiary/aromatic N) is 2. The molecule has 2 rings (SSSR count). The standard InChI is InChI=1S/C19H30N2O3S/c1-16(2)12-13-17-9-7-8-14-21(17)19(22)15-20(3)25(23,24)18-10-5-4-6-11-18/h4-6,10-11,16-17H,7-9,12-15H2,1-3H3/t17-/m0/s1. The van der Waals surface area contributed by atoms with E-state index in [1.807, 2.05) is 4.90 Å². The number of benzene rings is 1. The van der Waals surface area contributed by atoms with Gasteiger partial charge in [0.2, 0.25) is 15.9 Å². The fourth-order valence-corrected chi connectivity index (χ4v) is 4.43. The molecule has 0 radical (unpaired) electrons. The van der Waals surface area contributed by atoms with Crippen molar-refractivity contribution in [2.24, 2.45) is 5.92 Å². The van der Waals surface area contributed by atoms with Crippen LogP contribution < -0.4 is 0 Å². The van der Waals surface area contributed by atoms with Gasteiger partial charge in [0.1, 0.15) is 0 Å². The summed E-state index contributed by atoms with van der Waals surface area (Å²) in [5, 5.41) is 0. The van der Waals surface area contributed by atoms with E-state index in [1.54, 1.807) is 30.3 Å². The first-order chi connectivity index (χ1) is 11.8. The van der Waals surface area contributed by atoms with E-state index in [2.05, 4.69) is 13.8 Å². The molecule has 6 heteroatoms. The molecule has 5 nitrogen and oxygen atoms in total. The van der Waals surface area contributed by atoms with Gasteiger partial charge in [0.05, 0.1) is 11.4 Å². The summed E-state index contributed by atoms with van der Waals surface area (Å²) in [6, 6.07) is 8.52. The molecule has 0 spiro atoms. The molecule has 1 amide bonds. The third-order valence-corrected chi connectivity index (χ3v) is 6.65. The van der Waals surface area contributed by atoms with E-state index in [0.717, 1.165) is 38.6 Å². The third kappa shape index (κ3) is 5.28. The maximum Gasteiger partial charge on any atom is 0.243 e. The van der Waals surface area contributed by atoms with E-state index >= 15 is 0 Å². The topological polar surface area (TPSA) is 57.7 Å². The molecule has 0 unspecified atom stereocenters. The van der Waals surface area contributed by atoms with Crippen LogP contribution in [0.2, 0.25) is 0 Å². The average molecular weight is 367 g/mol. The van der Waals surface area contributed by atoms with Gasteiger partial charge in [0.15, 0.2) is 0 Å². The summed E-state index contributed by atoms with van der Waals surface area (Å²) in [4.78, 5) is 14.9. The van der Waals surface area contributed by atoms with Crippen LogP contribution in [0.1, 0.15) is 46.0 Å². The Balaban J connectivity index is 2.03. The first-order valence-electron chi connectivity index (χ1n) is 9.13. The molecule has 0 bridgehead atoms. The maximum absolute atomic E-state index is 12.8. The summed E-state index contributed by atoms with van der Waals surface area (Å²) in [7, 11) is -2.15. The number of hydrogen-bond donors (Lipinski definition) is 0. The number of hydrogen-bond acceptors (Lipinski definition) is 3. The molecule has 1 atom stereocenters. The Labute approximate surface area is 152 Å². The Morgan fingerprint density at radius 2 is 1.92 bits per heavy atom. The Kier molecular flexibility index (Phi) is 7.02. The minimum Gasteiger partial charge on any atom is -0.339 e. The number of rotatable bonds is 7. The second-order valence-electron chi connectivity index (χ2n) is 7.28. The SMILES string of the molecule is CC(C)CC[C@@H]1CCCCN1C(=O)CN(C)S(=O)(=O)c1ccccc1. The van der Waals surface area contributed by atoms with Gasteiger partial charge in [-0.15, -0.1) is 0 Å². The van der Waals surface area contributed by atoms with Gasteiger partial charge in [-0.3, -0.25) is 4.79 Å². The highest BCUT2D eigenvalue weighted by atomic mass is 32.2. The summed E-state index contributed by atoms with van der Waals surface area (Å²) in [5.41, 5.74) is 0. The predicted molar refractivity (Wildman–Crippen MR) is 99.7 cm³/mol. The average Bonchev–Trinajstić information content (AvgIpc) is 2.60. The Hall–Kier alpha value is -1.40. The number of sulfonamides is 1. The fourth-order valence-electron chi connectivity index (χ4n) is 3.29. The van der Waals surface area contributed by atoms with Gasteiger partial charge in [-0.2, -0.15) is 4.31 Å². The first-order valence-corrected chi connectivity index (χ1v) is 10.6. The Bertz CT molecular complexity index is 659. The van der Waals surface area contributed by atoms with E-state index in [0.29, 0.717) is 5.92 Å². The zero-order valence-corrected chi connectivity index (χ0v) is 16.3. The molecule has 0 N–H and O–H groups in total. The molecule has 0 aliphatic carbocycles. The van der Waals surface area contributed by atoms with E-state index in [1.165, 1.54) is 11.4 Å². The summed E-state index contributed by atoms with van der Waals surface area (Å²) >= 11 is 0. The lowest BCUT2D eigenvalue weighted by Crippen LogP contribution is -2.48. The van der Waals surface area contributed by atoms with Gasteiger partial charge in [-0.25, -0.2) is 8.42 Å². The van der Waals surface area contributed by atoms with Crippen molar-refractivity contribution in [2.75, 3.05) is 20.1 Å². The predicted octanol–water partition coefficient (Wildman–Crippen LogP) is 3.12. The summed E-state index contributed by atoms with van der Waals surface area (Å²) in [6.45, 7) is 5.01. The van der Waals surface area contributed by atoms with Crippen LogP contribution in [0.3, 0.4) is 0 Å². The lowest BCUT2D eigenvalue weighted by Gasteiger charge is -2.37. The summed E-state index contributed by atoms with van der Waals surface area (Å²) < 4.78 is 26.4. The number of piperidine rings is 1. The lowest BCUT2D eigenvalue weighted by atomic mass is 9.94. The Morgan fingerprint density at radius 3 is 2.56 bits per heavy atom. The molecule has 25 heavy (non-hydrogen) atoms. The van der Waals surface area contributed by atoms with E-state index in [-0.39, 0.29) is 23.4 Å². The van der Waals surface area contributed by atoms with Crippen LogP contribution in [-0.2, 0) is 14.8 Å². The van der Waals surface area contributed by atoms with Gasteiger partial charge in [0.25, 0.3) is 0 Å². The van der Waals surface area contributed by atoms with Crippen molar-refractivity contribution in [1.82, 2.24) is 9.21 Å². The van der Waals surface area contributed by atoms with Crippen molar-refractivity contribution in [3.8, 4) is 0 Å². The van der Waals surface area contributed by atoms with Crippen molar-refractivity contribution in [2.45, 2.75) is 56.9 Å². The van der Waals surface area contributed by atoms with Gasteiger partial charge in [0, 0.05) is 19.6 Å². The van der Waals surface area contributed by atoms with Crippen molar-refractivity contribution in [3.05, 3.63) is 30.3 Å². The van der Waals surface area contributed by atoms with Crippen LogP contribution in [-0.4, -0.2) is 49.7 Å². The van der Waals surface area contributed by atoms with Crippen LogP contribution in [0, 0.1) is 5.92 Å².